The normalized spacial score (nSPS) is 51.7. The van der Waals surface area contributed by atoms with Crippen LogP contribution in [0, 0.1) is 7.43 Å². The van der Waals surface area contributed by atoms with Gasteiger partial charge in [-0.3, -0.25) is 0 Å². The molecular formula is C75H135N9O55. The molecule has 12 saturated heterocycles. The van der Waals surface area contributed by atoms with Crippen molar-refractivity contribution in [2.45, 2.75) is 368 Å². The molecule has 12 heterocycles. The average Bonchev–Trinajstić information content (AvgIpc) is 0.768. The molecule has 0 saturated carbocycles. The molecule has 0 bridgehead atoms. The summed E-state index contributed by atoms with van der Waals surface area (Å²) in [6.07, 6.45) is -87.7. The molecule has 12 fully saturated rings. The van der Waals surface area contributed by atoms with Gasteiger partial charge in [0.25, 0.3) is 0 Å². The van der Waals surface area contributed by atoms with Crippen molar-refractivity contribution in [3.8, 4) is 0 Å². The Morgan fingerprint density at radius 3 is 0.676 bits per heavy atom. The van der Waals surface area contributed by atoms with Crippen LogP contribution in [0.5, 0.6) is 0 Å². The molecule has 0 aliphatic carbocycles. The summed E-state index contributed by atoms with van der Waals surface area (Å²) in [4.78, 5) is 12.8. The Bertz CT molecular complexity index is 3610. The highest BCUT2D eigenvalue weighted by Crippen LogP contribution is 2.41. The molecule has 48 N–H and O–H groups in total. The summed E-state index contributed by atoms with van der Waals surface area (Å²) in [7, 11) is 0.957. The first-order valence-corrected chi connectivity index (χ1v) is 44.0. The van der Waals surface area contributed by atoms with Gasteiger partial charge in [-0.2, -0.15) is 0 Å². The Morgan fingerprint density at radius 2 is 0.396 bits per heavy atom. The number of aliphatic hydroxyl groups is 31. The summed E-state index contributed by atoms with van der Waals surface area (Å²) in [6.45, 7) is -10.6. The van der Waals surface area contributed by atoms with E-state index in [4.69, 9.17) is 155 Å². The molecule has 1 unspecified atom stereocenters. The van der Waals surface area contributed by atoms with Crippen LogP contribution >= 0.6 is 0 Å². The summed E-state index contributed by atoms with van der Waals surface area (Å²) in [6, 6.07) is -14.6. The van der Waals surface area contributed by atoms with Crippen molar-refractivity contribution in [3.63, 3.8) is 0 Å². The molecule has 1 amide bonds. The number of carbonyl (C=O) groups is 1. The summed E-state index contributed by atoms with van der Waals surface area (Å²) < 4.78 is 131. The van der Waals surface area contributed by atoms with E-state index in [9.17, 15) is 163 Å². The zero-order chi connectivity index (χ0) is 102. The lowest BCUT2D eigenvalue weighted by molar-refractivity contribution is -0.377. The molecule has 0 spiro atoms. The van der Waals surface area contributed by atoms with Gasteiger partial charge in [-0.15, -0.1) is 0 Å². The third-order valence-electron chi connectivity index (χ3n) is 26.0. The number of aliphatic hydroxyl groups excluding tert-OH is 31. The molecule has 139 heavy (non-hydrogen) atoms. The van der Waals surface area contributed by atoms with E-state index in [1.807, 2.05) is 0 Å². The summed E-state index contributed by atoms with van der Waals surface area (Å²) >= 11 is 0. The molecule has 12 aliphatic heterocycles. The van der Waals surface area contributed by atoms with Crippen LogP contribution in [0.3, 0.4) is 0 Å². The standard InChI is InChI=1S/C56H103N9O39.C18H32O16.C/c1-87-56(86)65-28-38(84)46(19(10-74)96-55(28)104-45-18(9-73)95-49(27(64)37(45)83)97-39-12(3-67)88-47(85)20(57)31(39)77)103-54-26(63)36(82)44(17(8-72)94-54)102-53-25(62)35(81)43(16(7-71)93-53)101-52-24(61)34(80)42(15(6-70)92-52)100-51-23(60)33(79)41(14(5-69)91-51)99-50-22(59)32(78)40(13(4-68)90-50)98-48-21(58)30(76)29(75)11(2-66)89-48;19-1-4-7(22)8(23)12(27)17(31-4)34-15-6(3-21)32-18(13(28)10(15)25)33-14-5(2-20)30-16(29)11(26)9(14)24;/h11-55,66-85H,2-10,57-64H2,1H3,(H,65,86);4-29H,1-3H2;/t11-,12-,13-,14-,15-,16-,17-,18-,19-,20-,21-,22-,23-,24-,25-,26-,27-,28-,29-,30-,31-,32-,33-,34-,35-,36-,37-,38-,39-,40-,41-,42-,43-,44-,45-,46-,47-,48+,49+,50+,51+,52+,53+,54+,55+;4-,5-,6-,7-,8+,9-,10-,11-,12-,13-,14-,15-,16?,17+,18+;/m11./s1. The first-order chi connectivity index (χ1) is 65.4. The van der Waals surface area contributed by atoms with Crippen LogP contribution in [0.15, 0.2) is 0 Å². The van der Waals surface area contributed by atoms with Crippen molar-refractivity contribution in [2.24, 2.45) is 45.9 Å². The number of ether oxygens (including phenoxy) is 23. The molecule has 64 heteroatoms. The number of carbonyl (C=O) groups excluding carboxylic acids is 1. The molecule has 12 rings (SSSR count). The van der Waals surface area contributed by atoms with Gasteiger partial charge in [-0.05, 0) is 0 Å². The number of alkyl carbamates (subject to hydrolysis) is 1. The lowest BCUT2D eigenvalue weighted by Gasteiger charge is -2.51. The van der Waals surface area contributed by atoms with Crippen LogP contribution in [0.2, 0.25) is 0 Å². The van der Waals surface area contributed by atoms with Crippen LogP contribution in [0.25, 0.3) is 0 Å². The van der Waals surface area contributed by atoms with E-state index in [-0.39, 0.29) is 7.43 Å². The highest BCUT2D eigenvalue weighted by Gasteiger charge is 2.62. The van der Waals surface area contributed by atoms with E-state index in [2.05, 4.69) is 5.32 Å². The second-order valence-electron chi connectivity index (χ2n) is 34.9. The molecular weight excluding hydrogens is 1910 g/mol. The Kier molecular flexibility index (Phi) is 43.9. The molecule has 12 aliphatic rings. The van der Waals surface area contributed by atoms with Gasteiger partial charge in [0, 0.05) is 7.43 Å². The van der Waals surface area contributed by atoms with Crippen molar-refractivity contribution >= 4 is 6.09 Å². The Morgan fingerprint density at radius 1 is 0.209 bits per heavy atom. The van der Waals surface area contributed by atoms with Crippen molar-refractivity contribution in [1.82, 2.24) is 5.32 Å². The average molecular weight is 2040 g/mol. The lowest BCUT2D eigenvalue weighted by atomic mass is 9.93. The Balaban J connectivity index is 0.000000477. The minimum Gasteiger partial charge on any atom is -0.453 e. The molecule has 0 aromatic heterocycles. The van der Waals surface area contributed by atoms with Crippen LogP contribution in [-0.4, -0.2) is 619 Å². The quantitative estimate of drug-likeness (QED) is 0.0290. The molecule has 64 nitrogen and oxygen atoms in total. The predicted octanol–water partition coefficient (Wildman–Crippen LogP) is -28.0. The van der Waals surface area contributed by atoms with Gasteiger partial charge < -0.3 is 318 Å². The smallest absolute Gasteiger partial charge is 0.407 e. The molecule has 0 aromatic carbocycles. The second kappa shape index (κ2) is 51.8. The van der Waals surface area contributed by atoms with E-state index in [0.717, 1.165) is 7.11 Å². The Labute approximate surface area is 788 Å². The van der Waals surface area contributed by atoms with Crippen LogP contribution < -0.4 is 51.2 Å². The monoisotopic (exact) mass is 2040 g/mol. The van der Waals surface area contributed by atoms with Gasteiger partial charge in [-0.1, -0.05) is 0 Å². The number of methoxy groups -OCH3 is 1. The number of nitrogens with one attached hydrogen (secondary N) is 1. The van der Waals surface area contributed by atoms with Crippen molar-refractivity contribution in [2.75, 3.05) is 86.4 Å². The van der Waals surface area contributed by atoms with E-state index in [1.54, 1.807) is 0 Å². The zero-order valence-corrected chi connectivity index (χ0v) is 73.9. The van der Waals surface area contributed by atoms with Crippen LogP contribution in [0.1, 0.15) is 0 Å². The van der Waals surface area contributed by atoms with E-state index >= 15 is 0 Å². The van der Waals surface area contributed by atoms with Gasteiger partial charge in [0.15, 0.2) is 75.5 Å². The van der Waals surface area contributed by atoms with Crippen molar-refractivity contribution in [3.05, 3.63) is 7.43 Å². The fourth-order valence-corrected chi connectivity index (χ4v) is 17.8. The van der Waals surface area contributed by atoms with Crippen molar-refractivity contribution in [1.29, 1.82) is 0 Å². The lowest BCUT2D eigenvalue weighted by Crippen LogP contribution is -2.71. The number of nitrogens with two attached hydrogens (primary N) is 8. The number of hydrogen-bond donors (Lipinski definition) is 40. The highest BCUT2D eigenvalue weighted by molar-refractivity contribution is 5.67. The van der Waals surface area contributed by atoms with Crippen molar-refractivity contribution < 1.29 is 272 Å². The third kappa shape index (κ3) is 25.3. The van der Waals surface area contributed by atoms with E-state index in [1.165, 1.54) is 0 Å². The van der Waals surface area contributed by atoms with Gasteiger partial charge in [-0.25, -0.2) is 4.79 Å². The Hall–Kier alpha value is -3.17. The van der Waals surface area contributed by atoms with Gasteiger partial charge in [0.2, 0.25) is 0 Å². The number of rotatable bonds is 33. The molecule has 0 aromatic rings. The molecule has 60 atom stereocenters. The number of amides is 1. The largest absolute Gasteiger partial charge is 0.453 e. The van der Waals surface area contributed by atoms with Gasteiger partial charge in [0.1, 0.15) is 244 Å². The molecule has 810 valence electrons. The zero-order valence-electron chi connectivity index (χ0n) is 73.9. The number of hydrogen-bond acceptors (Lipinski definition) is 63. The maximum absolute atomic E-state index is 12.8. The third-order valence-corrected chi connectivity index (χ3v) is 26.0. The second-order valence-corrected chi connectivity index (χ2v) is 34.9. The summed E-state index contributed by atoms with van der Waals surface area (Å²) in [5.74, 6) is 0. The first kappa shape index (κ1) is 118. The maximum Gasteiger partial charge on any atom is 0.407 e. The molecule has 4 radical (unpaired) electrons. The van der Waals surface area contributed by atoms with Gasteiger partial charge in [0.05, 0.1) is 135 Å². The maximum atomic E-state index is 12.8. The fraction of sp³-hybridized carbons (Fsp3) is 0.973. The highest BCUT2D eigenvalue weighted by atomic mass is 16.8. The first-order valence-electron chi connectivity index (χ1n) is 44.0. The van der Waals surface area contributed by atoms with Gasteiger partial charge >= 0.3 is 6.09 Å². The fourth-order valence-electron chi connectivity index (χ4n) is 17.8. The summed E-state index contributed by atoms with van der Waals surface area (Å²) in [5, 5.41) is 328. The SMILES string of the molecule is COC(=O)N[C@H]1[C@H](O[C@H]2[C@H](O)[C@@H](N)[C@H](O[C@H]3[C@H](O)[C@@H](N)[C@H](O)O[C@@H]3CO)O[C@@H]2CO)O[C@H](CO)[C@@H](O[C@@H]2O[C@H](CO)[C@@H](O[C@@H]3O[C@H](CO)[C@@H](O[C@@H]4O[C@H](CO)[C@@H](O[C@@H]5O[C@H](CO)[C@@H](O[C@@H]6O[C@H](CO)[C@@H](O[C@@H]7O[C@H](CO)[C@@H](O)[C@H](O)[C@H]7N)[C@H](O)[C@H]6N)[C@H](O)[C@H]5N)[C@H](O)[C@H]4N)[C@H](O)[C@H]3N)[C@H](O)[C@H]2N)[C@@H]1O.OC[C@H]1O[C@@H](O[C@H]2[C@H](O)[C@@H](O)[C@H](O[C@H]3[C@H](O)[C@@H](O)C(O)O[C@@H]3CO)O[C@@H]2CO)[C@H](O)[C@@H](O)[C@@H]1O.[C]. The van der Waals surface area contributed by atoms with Crippen LogP contribution in [-0.2, 0) is 109 Å². The van der Waals surface area contributed by atoms with E-state index in [0.29, 0.717) is 0 Å². The van der Waals surface area contributed by atoms with Crippen LogP contribution in [0.4, 0.5) is 4.79 Å². The topological polar surface area (TPSA) is 1080 Å². The summed E-state index contributed by atoms with van der Waals surface area (Å²) in [5.41, 5.74) is 50.2. The predicted molar refractivity (Wildman–Crippen MR) is 431 cm³/mol. The minimum absolute atomic E-state index is 0. The van der Waals surface area contributed by atoms with E-state index < -0.39 is 453 Å². The minimum atomic E-state index is -2.04.